The molecule has 2 aliphatic rings. The van der Waals surface area contributed by atoms with E-state index >= 15 is 0 Å². The number of benzene rings is 2. The number of hydrogen-bond donors (Lipinski definition) is 0. The third-order valence-corrected chi connectivity index (χ3v) is 7.45. The normalized spacial score (nSPS) is 18.3. The number of ether oxygens (including phenoxy) is 1. The number of thioether (sulfide) groups is 2. The van der Waals surface area contributed by atoms with Gasteiger partial charge in [-0.25, -0.2) is 4.79 Å². The maximum Gasteiger partial charge on any atom is 0.338 e. The molecular formula is C24H23N3O3S2. The zero-order valence-electron chi connectivity index (χ0n) is 17.9. The standard InChI is InChI=1S/C24H23N3O3S2/c1-3-30-24(29)17-4-8-18(9-5-17)26-14-27-22(28)12-20(21(13-25)23(27)32-15-26)16-6-10-19(31-2)11-7-16/h4-11,20H,3,12,14-15H2,1-2H3. The van der Waals surface area contributed by atoms with Gasteiger partial charge in [0.1, 0.15) is 0 Å². The summed E-state index contributed by atoms with van der Waals surface area (Å²) in [7, 11) is 0. The van der Waals surface area contributed by atoms with Crippen molar-refractivity contribution in [3.8, 4) is 6.07 Å². The minimum Gasteiger partial charge on any atom is -0.462 e. The molecule has 0 saturated carbocycles. The highest BCUT2D eigenvalue weighted by molar-refractivity contribution is 8.03. The average Bonchev–Trinajstić information content (AvgIpc) is 2.84. The van der Waals surface area contributed by atoms with Crippen LogP contribution in [0, 0.1) is 11.3 Å². The first kappa shape index (κ1) is 22.3. The monoisotopic (exact) mass is 465 g/mol. The van der Waals surface area contributed by atoms with Gasteiger partial charge in [0, 0.05) is 22.9 Å². The van der Waals surface area contributed by atoms with Crippen molar-refractivity contribution in [3.63, 3.8) is 0 Å². The van der Waals surface area contributed by atoms with Crippen LogP contribution in [0.2, 0.25) is 0 Å². The van der Waals surface area contributed by atoms with Crippen LogP contribution in [0.5, 0.6) is 0 Å². The fraction of sp³-hybridized carbons (Fsp3) is 0.292. The first-order valence-corrected chi connectivity index (χ1v) is 12.5. The molecule has 1 atom stereocenters. The number of fused-ring (bicyclic) bond motifs is 1. The van der Waals surface area contributed by atoms with Crippen LogP contribution in [-0.4, -0.2) is 42.2 Å². The Morgan fingerprint density at radius 1 is 1.22 bits per heavy atom. The molecule has 2 aromatic rings. The largest absolute Gasteiger partial charge is 0.462 e. The van der Waals surface area contributed by atoms with Gasteiger partial charge in [0.05, 0.1) is 41.4 Å². The molecule has 0 spiro atoms. The van der Waals surface area contributed by atoms with Gasteiger partial charge in [-0.2, -0.15) is 5.26 Å². The lowest BCUT2D eigenvalue weighted by Crippen LogP contribution is -2.47. The zero-order chi connectivity index (χ0) is 22.7. The van der Waals surface area contributed by atoms with Crippen LogP contribution >= 0.6 is 23.5 Å². The minimum atomic E-state index is -0.348. The van der Waals surface area contributed by atoms with Crippen LogP contribution in [-0.2, 0) is 9.53 Å². The molecule has 164 valence electrons. The highest BCUT2D eigenvalue weighted by Crippen LogP contribution is 2.43. The quantitative estimate of drug-likeness (QED) is 0.464. The minimum absolute atomic E-state index is 0.0123. The number of carbonyl (C=O) groups excluding carboxylic acids is 2. The van der Waals surface area contributed by atoms with E-state index in [1.807, 2.05) is 42.7 Å². The van der Waals surface area contributed by atoms with Crippen molar-refractivity contribution in [1.29, 1.82) is 5.26 Å². The number of amides is 1. The Balaban J connectivity index is 1.56. The average molecular weight is 466 g/mol. The fourth-order valence-corrected chi connectivity index (χ4v) is 5.45. The predicted molar refractivity (Wildman–Crippen MR) is 127 cm³/mol. The number of allylic oxidation sites excluding steroid dienone is 1. The third kappa shape index (κ3) is 4.36. The smallest absolute Gasteiger partial charge is 0.338 e. The van der Waals surface area contributed by atoms with Gasteiger partial charge in [-0.1, -0.05) is 23.9 Å². The molecule has 2 heterocycles. The number of nitrogens with zero attached hydrogens (tertiary/aromatic N) is 3. The Hall–Kier alpha value is -2.89. The van der Waals surface area contributed by atoms with Gasteiger partial charge in [-0.3, -0.25) is 9.69 Å². The molecule has 0 radical (unpaired) electrons. The van der Waals surface area contributed by atoms with E-state index in [2.05, 4.69) is 11.0 Å². The lowest BCUT2D eigenvalue weighted by Gasteiger charge is -2.42. The van der Waals surface area contributed by atoms with E-state index in [4.69, 9.17) is 4.74 Å². The molecule has 1 amide bonds. The van der Waals surface area contributed by atoms with Crippen LogP contribution in [0.1, 0.15) is 35.2 Å². The van der Waals surface area contributed by atoms with Gasteiger partial charge in [0.25, 0.3) is 0 Å². The molecule has 2 aliphatic heterocycles. The van der Waals surface area contributed by atoms with Crippen molar-refractivity contribution in [2.75, 3.05) is 30.3 Å². The first-order chi connectivity index (χ1) is 15.5. The summed E-state index contributed by atoms with van der Waals surface area (Å²) >= 11 is 3.17. The molecule has 0 N–H and O–H groups in total. The van der Waals surface area contributed by atoms with Gasteiger partial charge < -0.3 is 9.64 Å². The Kier molecular flexibility index (Phi) is 6.77. The van der Waals surface area contributed by atoms with E-state index in [0.29, 0.717) is 30.3 Å². The molecule has 32 heavy (non-hydrogen) atoms. The Morgan fingerprint density at radius 2 is 1.94 bits per heavy atom. The van der Waals surface area contributed by atoms with E-state index in [-0.39, 0.29) is 24.2 Å². The van der Waals surface area contributed by atoms with E-state index in [0.717, 1.165) is 21.2 Å². The number of nitriles is 1. The molecule has 0 aliphatic carbocycles. The maximum atomic E-state index is 13.1. The summed E-state index contributed by atoms with van der Waals surface area (Å²) in [6, 6.07) is 17.7. The van der Waals surface area contributed by atoms with Crippen molar-refractivity contribution in [2.45, 2.75) is 24.2 Å². The molecule has 0 bridgehead atoms. The van der Waals surface area contributed by atoms with Gasteiger partial charge in [-0.05, 0) is 55.1 Å². The molecule has 2 aromatic carbocycles. The Bertz CT molecular complexity index is 1090. The zero-order valence-corrected chi connectivity index (χ0v) is 19.5. The van der Waals surface area contributed by atoms with Crippen molar-refractivity contribution in [1.82, 2.24) is 4.90 Å². The van der Waals surface area contributed by atoms with E-state index in [9.17, 15) is 14.9 Å². The highest BCUT2D eigenvalue weighted by Gasteiger charge is 2.38. The summed E-state index contributed by atoms with van der Waals surface area (Å²) in [6.45, 7) is 2.49. The Labute approximate surface area is 196 Å². The van der Waals surface area contributed by atoms with Gasteiger partial charge >= 0.3 is 5.97 Å². The summed E-state index contributed by atoms with van der Waals surface area (Å²) in [6.07, 6.45) is 2.30. The molecule has 8 heteroatoms. The lowest BCUT2D eigenvalue weighted by atomic mass is 9.86. The number of hydrogen-bond acceptors (Lipinski definition) is 7. The molecule has 1 saturated heterocycles. The van der Waals surface area contributed by atoms with Gasteiger partial charge in [0.2, 0.25) is 5.91 Å². The van der Waals surface area contributed by atoms with Crippen LogP contribution in [0.15, 0.2) is 64.0 Å². The van der Waals surface area contributed by atoms with Crippen LogP contribution in [0.3, 0.4) is 0 Å². The van der Waals surface area contributed by atoms with Gasteiger partial charge in [-0.15, -0.1) is 11.8 Å². The molecule has 1 unspecified atom stereocenters. The van der Waals surface area contributed by atoms with Crippen LogP contribution in [0.4, 0.5) is 5.69 Å². The predicted octanol–water partition coefficient (Wildman–Crippen LogP) is 4.80. The van der Waals surface area contributed by atoms with Crippen LogP contribution in [0.25, 0.3) is 0 Å². The lowest BCUT2D eigenvalue weighted by molar-refractivity contribution is -0.129. The molecule has 0 aromatic heterocycles. The number of anilines is 1. The van der Waals surface area contributed by atoms with Crippen molar-refractivity contribution in [2.24, 2.45) is 0 Å². The van der Waals surface area contributed by atoms with Crippen LogP contribution < -0.4 is 4.90 Å². The summed E-state index contributed by atoms with van der Waals surface area (Å²) < 4.78 is 5.03. The van der Waals surface area contributed by atoms with Gasteiger partial charge in [0.15, 0.2) is 0 Å². The van der Waals surface area contributed by atoms with E-state index in [1.165, 1.54) is 11.8 Å². The first-order valence-electron chi connectivity index (χ1n) is 10.3. The summed E-state index contributed by atoms with van der Waals surface area (Å²) in [4.78, 5) is 29.9. The number of rotatable bonds is 5. The maximum absolute atomic E-state index is 13.1. The van der Waals surface area contributed by atoms with Crippen molar-refractivity contribution in [3.05, 3.63) is 70.3 Å². The number of carbonyl (C=O) groups is 2. The second-order valence-electron chi connectivity index (χ2n) is 7.40. The molecular weight excluding hydrogens is 442 g/mol. The Morgan fingerprint density at radius 3 is 2.56 bits per heavy atom. The van der Waals surface area contributed by atoms with E-state index < -0.39 is 0 Å². The molecule has 1 fully saturated rings. The van der Waals surface area contributed by atoms with Crippen molar-refractivity contribution < 1.29 is 14.3 Å². The summed E-state index contributed by atoms with van der Waals surface area (Å²) in [5.74, 6) is 0.0656. The molecule has 6 nitrogen and oxygen atoms in total. The second kappa shape index (κ2) is 9.72. The second-order valence-corrected chi connectivity index (χ2v) is 9.22. The SMILES string of the molecule is CCOC(=O)c1ccc(N2CSC3=C(C#N)C(c4ccc(SC)cc4)CC(=O)N3C2)cc1. The topological polar surface area (TPSA) is 73.6 Å². The number of esters is 1. The fourth-order valence-electron chi connectivity index (χ4n) is 3.87. The summed E-state index contributed by atoms with van der Waals surface area (Å²) in [5, 5.41) is 10.7. The highest BCUT2D eigenvalue weighted by atomic mass is 32.2. The van der Waals surface area contributed by atoms with Crippen molar-refractivity contribution >= 4 is 41.1 Å². The molecule has 4 rings (SSSR count). The third-order valence-electron chi connectivity index (χ3n) is 5.56. The van der Waals surface area contributed by atoms with E-state index in [1.54, 1.807) is 35.7 Å². The summed E-state index contributed by atoms with van der Waals surface area (Å²) in [5.41, 5.74) is 3.06.